The number of hydrogen-bond donors (Lipinski definition) is 2. The largest absolute Gasteiger partial charge is 0.381 e. The van der Waals surface area contributed by atoms with E-state index in [2.05, 4.69) is 0 Å². The second-order valence-electron chi connectivity index (χ2n) is 3.39. The van der Waals surface area contributed by atoms with E-state index in [0.717, 1.165) is 11.1 Å². The lowest BCUT2D eigenvalue weighted by Crippen LogP contribution is -2.42. The predicted octanol–water partition coefficient (Wildman–Crippen LogP) is 0.363. The third-order valence-corrected chi connectivity index (χ3v) is 2.45. The van der Waals surface area contributed by atoms with Crippen molar-refractivity contribution in [2.24, 2.45) is 5.73 Å². The molecular formula is C10H13NO2. The first-order valence-corrected chi connectivity index (χ1v) is 4.35. The average molecular weight is 179 g/mol. The van der Waals surface area contributed by atoms with Gasteiger partial charge in [-0.25, -0.2) is 0 Å². The zero-order chi connectivity index (χ0) is 9.31. The Balaban J connectivity index is 2.48. The van der Waals surface area contributed by atoms with Gasteiger partial charge in [0.1, 0.15) is 5.60 Å². The van der Waals surface area contributed by atoms with Crippen LogP contribution in [0.4, 0.5) is 0 Å². The van der Waals surface area contributed by atoms with E-state index in [4.69, 9.17) is 10.5 Å². The molecule has 0 radical (unpaired) electrons. The minimum atomic E-state index is -0.991. The Hall–Kier alpha value is -0.900. The zero-order valence-corrected chi connectivity index (χ0v) is 7.36. The molecule has 0 saturated carbocycles. The molecule has 1 heterocycles. The molecule has 0 spiro atoms. The van der Waals surface area contributed by atoms with Gasteiger partial charge in [-0.1, -0.05) is 24.3 Å². The molecule has 70 valence electrons. The highest BCUT2D eigenvalue weighted by Gasteiger charge is 2.33. The Morgan fingerprint density at radius 1 is 1.46 bits per heavy atom. The molecule has 1 unspecified atom stereocenters. The standard InChI is InChI=1S/C10H13NO2/c11-6-10(12)7-13-5-8-3-1-2-4-9(8)10/h1-4,12H,5-7,11H2. The van der Waals surface area contributed by atoms with Crippen molar-refractivity contribution in [1.29, 1.82) is 0 Å². The van der Waals surface area contributed by atoms with Crippen molar-refractivity contribution in [3.8, 4) is 0 Å². The fourth-order valence-electron chi connectivity index (χ4n) is 1.68. The fraction of sp³-hybridized carbons (Fsp3) is 0.400. The smallest absolute Gasteiger partial charge is 0.125 e. The summed E-state index contributed by atoms with van der Waals surface area (Å²) in [6.45, 7) is 1.06. The quantitative estimate of drug-likeness (QED) is 0.654. The molecule has 0 aliphatic carbocycles. The molecule has 3 heteroatoms. The minimum Gasteiger partial charge on any atom is -0.381 e. The Labute approximate surface area is 77.1 Å². The van der Waals surface area contributed by atoms with Crippen molar-refractivity contribution in [3.05, 3.63) is 35.4 Å². The third-order valence-electron chi connectivity index (χ3n) is 2.45. The van der Waals surface area contributed by atoms with Gasteiger partial charge in [-0.15, -0.1) is 0 Å². The van der Waals surface area contributed by atoms with E-state index in [9.17, 15) is 5.11 Å². The molecule has 1 aliphatic heterocycles. The number of fused-ring (bicyclic) bond motifs is 1. The van der Waals surface area contributed by atoms with Gasteiger partial charge in [0.15, 0.2) is 0 Å². The summed E-state index contributed by atoms with van der Waals surface area (Å²) in [4.78, 5) is 0. The van der Waals surface area contributed by atoms with E-state index in [1.54, 1.807) is 0 Å². The van der Waals surface area contributed by atoms with E-state index in [1.165, 1.54) is 0 Å². The van der Waals surface area contributed by atoms with E-state index in [0.29, 0.717) is 13.2 Å². The SMILES string of the molecule is NCC1(O)COCc2ccccc21. The maximum absolute atomic E-state index is 10.1. The summed E-state index contributed by atoms with van der Waals surface area (Å²) in [5.74, 6) is 0. The lowest BCUT2D eigenvalue weighted by atomic mass is 9.89. The van der Waals surface area contributed by atoms with Crippen LogP contribution in [0, 0.1) is 0 Å². The van der Waals surface area contributed by atoms with Gasteiger partial charge in [0, 0.05) is 6.54 Å². The van der Waals surface area contributed by atoms with Gasteiger partial charge in [0.05, 0.1) is 13.2 Å². The van der Waals surface area contributed by atoms with Crippen molar-refractivity contribution in [1.82, 2.24) is 0 Å². The van der Waals surface area contributed by atoms with Crippen LogP contribution in [0.2, 0.25) is 0 Å². The molecule has 0 fully saturated rings. The molecule has 13 heavy (non-hydrogen) atoms. The van der Waals surface area contributed by atoms with Crippen molar-refractivity contribution >= 4 is 0 Å². The normalized spacial score (nSPS) is 26.9. The Morgan fingerprint density at radius 3 is 3.00 bits per heavy atom. The second kappa shape index (κ2) is 3.10. The summed E-state index contributed by atoms with van der Waals surface area (Å²) in [7, 11) is 0. The average Bonchev–Trinajstić information content (AvgIpc) is 2.19. The molecule has 0 bridgehead atoms. The summed E-state index contributed by atoms with van der Waals surface area (Å²) in [5, 5.41) is 10.1. The van der Waals surface area contributed by atoms with E-state index in [-0.39, 0.29) is 6.54 Å². The molecule has 2 rings (SSSR count). The summed E-state index contributed by atoms with van der Waals surface area (Å²) in [6, 6.07) is 7.70. The number of hydrogen-bond acceptors (Lipinski definition) is 3. The van der Waals surface area contributed by atoms with Crippen molar-refractivity contribution in [2.45, 2.75) is 12.2 Å². The maximum Gasteiger partial charge on any atom is 0.125 e. The Bertz CT molecular complexity index is 314. The summed E-state index contributed by atoms with van der Waals surface area (Å²) in [5.41, 5.74) is 6.47. The summed E-state index contributed by atoms with van der Waals surface area (Å²) < 4.78 is 5.27. The molecule has 1 atom stereocenters. The van der Waals surface area contributed by atoms with Gasteiger partial charge >= 0.3 is 0 Å². The van der Waals surface area contributed by atoms with Gasteiger partial charge in [0.25, 0.3) is 0 Å². The van der Waals surface area contributed by atoms with E-state index >= 15 is 0 Å². The van der Waals surface area contributed by atoms with E-state index < -0.39 is 5.60 Å². The molecule has 0 amide bonds. The van der Waals surface area contributed by atoms with E-state index in [1.807, 2.05) is 24.3 Å². The van der Waals surface area contributed by atoms with Gasteiger partial charge < -0.3 is 15.6 Å². The lowest BCUT2D eigenvalue weighted by Gasteiger charge is -2.33. The second-order valence-corrected chi connectivity index (χ2v) is 3.39. The molecule has 0 saturated heterocycles. The van der Waals surface area contributed by atoms with Crippen molar-refractivity contribution < 1.29 is 9.84 Å². The third kappa shape index (κ3) is 1.35. The molecule has 1 aliphatic rings. The number of aliphatic hydroxyl groups is 1. The number of nitrogens with two attached hydrogens (primary N) is 1. The van der Waals surface area contributed by atoms with Crippen molar-refractivity contribution in [3.63, 3.8) is 0 Å². The first-order chi connectivity index (χ1) is 6.26. The highest BCUT2D eigenvalue weighted by Crippen LogP contribution is 2.28. The highest BCUT2D eigenvalue weighted by molar-refractivity contribution is 5.33. The van der Waals surface area contributed by atoms with Crippen LogP contribution in [0.5, 0.6) is 0 Å². The maximum atomic E-state index is 10.1. The minimum absolute atomic E-state index is 0.198. The molecule has 1 aromatic carbocycles. The highest BCUT2D eigenvalue weighted by atomic mass is 16.5. The van der Waals surface area contributed by atoms with Crippen molar-refractivity contribution in [2.75, 3.05) is 13.2 Å². The zero-order valence-electron chi connectivity index (χ0n) is 7.36. The van der Waals surface area contributed by atoms with Gasteiger partial charge in [0.2, 0.25) is 0 Å². The molecular weight excluding hydrogens is 166 g/mol. The first kappa shape index (κ1) is 8.69. The van der Waals surface area contributed by atoms with Crippen LogP contribution >= 0.6 is 0 Å². The molecule has 3 nitrogen and oxygen atoms in total. The Morgan fingerprint density at radius 2 is 2.23 bits per heavy atom. The van der Waals surface area contributed by atoms with Gasteiger partial charge in [-0.2, -0.15) is 0 Å². The van der Waals surface area contributed by atoms with Crippen LogP contribution in [-0.4, -0.2) is 18.3 Å². The van der Waals surface area contributed by atoms with Crippen LogP contribution in [0.3, 0.4) is 0 Å². The van der Waals surface area contributed by atoms with Crippen LogP contribution in [-0.2, 0) is 16.9 Å². The first-order valence-electron chi connectivity index (χ1n) is 4.35. The molecule has 0 aromatic heterocycles. The molecule has 1 aromatic rings. The fourth-order valence-corrected chi connectivity index (χ4v) is 1.68. The number of rotatable bonds is 1. The van der Waals surface area contributed by atoms with Gasteiger partial charge in [-0.3, -0.25) is 0 Å². The number of ether oxygens (including phenoxy) is 1. The van der Waals surface area contributed by atoms with Crippen LogP contribution < -0.4 is 5.73 Å². The van der Waals surface area contributed by atoms with Crippen LogP contribution in [0.1, 0.15) is 11.1 Å². The van der Waals surface area contributed by atoms with Crippen LogP contribution in [0.25, 0.3) is 0 Å². The topological polar surface area (TPSA) is 55.5 Å². The number of benzene rings is 1. The summed E-state index contributed by atoms with van der Waals surface area (Å²) in [6.07, 6.45) is 0. The summed E-state index contributed by atoms with van der Waals surface area (Å²) >= 11 is 0. The predicted molar refractivity (Wildman–Crippen MR) is 49.0 cm³/mol. The monoisotopic (exact) mass is 179 g/mol. The molecule has 3 N–H and O–H groups in total. The van der Waals surface area contributed by atoms with Gasteiger partial charge in [-0.05, 0) is 11.1 Å². The van der Waals surface area contributed by atoms with Crippen LogP contribution in [0.15, 0.2) is 24.3 Å². The lowest BCUT2D eigenvalue weighted by molar-refractivity contribution is -0.0664. The Kier molecular flexibility index (Phi) is 2.07.